The van der Waals surface area contributed by atoms with Crippen molar-refractivity contribution in [3.8, 4) is 11.3 Å². The molecule has 1 fully saturated rings. The Morgan fingerprint density at radius 3 is 2.59 bits per heavy atom. The molecule has 34 heavy (non-hydrogen) atoms. The van der Waals surface area contributed by atoms with Crippen LogP contribution in [0.1, 0.15) is 38.6 Å². The van der Waals surface area contributed by atoms with Crippen molar-refractivity contribution >= 4 is 17.5 Å². The van der Waals surface area contributed by atoms with E-state index in [1.807, 2.05) is 46.8 Å². The Bertz CT molecular complexity index is 1350. The molecule has 2 aromatic heterocycles. The molecule has 0 unspecified atom stereocenters. The van der Waals surface area contributed by atoms with E-state index in [-0.39, 0.29) is 5.91 Å². The predicted molar refractivity (Wildman–Crippen MR) is 132 cm³/mol. The van der Waals surface area contributed by atoms with Gasteiger partial charge in [-0.2, -0.15) is 5.10 Å². The van der Waals surface area contributed by atoms with Gasteiger partial charge in [0.2, 0.25) is 0 Å². The summed E-state index contributed by atoms with van der Waals surface area (Å²) in [6, 6.07) is 18.3. The Kier molecular flexibility index (Phi) is 5.30. The van der Waals surface area contributed by atoms with Crippen LogP contribution in [0.4, 0.5) is 0 Å². The number of hydrogen-bond donors (Lipinski definition) is 0. The lowest BCUT2D eigenvalue weighted by Crippen LogP contribution is -2.50. The number of halogens is 1. The van der Waals surface area contributed by atoms with Crippen LogP contribution >= 0.6 is 11.6 Å². The summed E-state index contributed by atoms with van der Waals surface area (Å²) in [5.41, 5.74) is 6.53. The number of rotatable bonds is 5. The van der Waals surface area contributed by atoms with E-state index in [4.69, 9.17) is 21.1 Å². The number of carbonyl (C=O) groups is 1. The highest BCUT2D eigenvalue weighted by atomic mass is 35.5. The van der Waals surface area contributed by atoms with Crippen LogP contribution in [-0.4, -0.2) is 33.7 Å². The first-order valence-electron chi connectivity index (χ1n) is 11.8. The molecule has 1 amide bonds. The number of benzene rings is 2. The van der Waals surface area contributed by atoms with Crippen LogP contribution < -0.4 is 0 Å². The standard InChI is InChI=1S/C28H26ClN3O2/c1-18-25-24(12-9-22-17-32(30-26(22)25)16-20-7-10-23(29)11-8-20)34-27(18)28(33)31-14-21(15-31)13-19-5-3-2-4-6-19/h2-8,10-11,17,21H,9,12-16H2,1H3. The zero-order valence-corrected chi connectivity index (χ0v) is 19.9. The van der Waals surface area contributed by atoms with E-state index in [2.05, 4.69) is 30.5 Å². The number of fused-ring (bicyclic) bond motifs is 3. The largest absolute Gasteiger partial charge is 0.455 e. The zero-order chi connectivity index (χ0) is 23.2. The van der Waals surface area contributed by atoms with Gasteiger partial charge in [-0.05, 0) is 54.5 Å². The highest BCUT2D eigenvalue weighted by Crippen LogP contribution is 2.39. The minimum absolute atomic E-state index is 0.00152. The van der Waals surface area contributed by atoms with Crippen LogP contribution in [0.2, 0.25) is 5.02 Å². The van der Waals surface area contributed by atoms with Crippen molar-refractivity contribution in [3.05, 3.63) is 99.6 Å². The van der Waals surface area contributed by atoms with Crippen LogP contribution in [0.15, 0.2) is 65.2 Å². The Morgan fingerprint density at radius 2 is 1.82 bits per heavy atom. The average Bonchev–Trinajstić information content (AvgIpc) is 3.38. The van der Waals surface area contributed by atoms with E-state index in [0.717, 1.165) is 65.5 Å². The van der Waals surface area contributed by atoms with E-state index in [1.165, 1.54) is 11.1 Å². The second-order valence-corrected chi connectivity index (χ2v) is 9.88. The lowest BCUT2D eigenvalue weighted by Gasteiger charge is -2.39. The van der Waals surface area contributed by atoms with E-state index in [1.54, 1.807) is 0 Å². The monoisotopic (exact) mass is 471 g/mol. The first-order chi connectivity index (χ1) is 16.5. The number of nitrogens with zero attached hydrogens (tertiary/aromatic N) is 3. The van der Waals surface area contributed by atoms with E-state index >= 15 is 0 Å². The third-order valence-electron chi connectivity index (χ3n) is 6.98. The molecule has 3 heterocycles. The van der Waals surface area contributed by atoms with Gasteiger partial charge in [0.15, 0.2) is 5.76 Å². The second-order valence-electron chi connectivity index (χ2n) is 9.45. The molecule has 0 spiro atoms. The number of aromatic nitrogens is 2. The maximum Gasteiger partial charge on any atom is 0.289 e. The van der Waals surface area contributed by atoms with Crippen LogP contribution in [0.3, 0.4) is 0 Å². The molecular formula is C28H26ClN3O2. The molecule has 6 heteroatoms. The van der Waals surface area contributed by atoms with Gasteiger partial charge in [0.05, 0.1) is 12.2 Å². The summed E-state index contributed by atoms with van der Waals surface area (Å²) < 4.78 is 8.12. The highest BCUT2D eigenvalue weighted by Gasteiger charge is 2.36. The average molecular weight is 472 g/mol. The van der Waals surface area contributed by atoms with Gasteiger partial charge in [-0.15, -0.1) is 0 Å². The van der Waals surface area contributed by atoms with Gasteiger partial charge in [0.1, 0.15) is 5.76 Å². The lowest BCUT2D eigenvalue weighted by atomic mass is 9.91. The van der Waals surface area contributed by atoms with E-state index < -0.39 is 0 Å². The van der Waals surface area contributed by atoms with Crippen LogP contribution in [0.5, 0.6) is 0 Å². The molecule has 0 bridgehead atoms. The Labute approximate surface area is 204 Å². The number of likely N-dealkylation sites (tertiary alicyclic amines) is 1. The first kappa shape index (κ1) is 21.2. The van der Waals surface area contributed by atoms with Gasteiger partial charge in [-0.3, -0.25) is 9.48 Å². The maximum atomic E-state index is 13.2. The molecular weight excluding hydrogens is 446 g/mol. The van der Waals surface area contributed by atoms with E-state index in [0.29, 0.717) is 18.2 Å². The molecule has 2 aliphatic rings. The van der Waals surface area contributed by atoms with Crippen molar-refractivity contribution in [2.45, 2.75) is 32.7 Å². The molecule has 6 rings (SSSR count). The van der Waals surface area contributed by atoms with Gasteiger partial charge < -0.3 is 9.32 Å². The SMILES string of the molecule is Cc1c(C(=O)N2CC(Cc3ccccc3)C2)oc2c1-c1nn(Cc3ccc(Cl)cc3)cc1CC2. The molecule has 1 saturated heterocycles. The Morgan fingerprint density at radius 1 is 1.06 bits per heavy atom. The summed E-state index contributed by atoms with van der Waals surface area (Å²) in [6.07, 6.45) is 4.78. The second kappa shape index (κ2) is 8.48. The van der Waals surface area contributed by atoms with Crippen molar-refractivity contribution in [3.63, 3.8) is 0 Å². The molecule has 0 saturated carbocycles. The molecule has 0 atom stereocenters. The molecule has 4 aromatic rings. The van der Waals surface area contributed by atoms with Crippen molar-refractivity contribution < 1.29 is 9.21 Å². The predicted octanol–water partition coefficient (Wildman–Crippen LogP) is 5.57. The fourth-order valence-electron chi connectivity index (χ4n) is 5.18. The molecule has 2 aromatic carbocycles. The normalized spacial score (nSPS) is 15.1. The van der Waals surface area contributed by atoms with Crippen molar-refractivity contribution in [2.75, 3.05) is 13.1 Å². The van der Waals surface area contributed by atoms with Crippen molar-refractivity contribution in [1.29, 1.82) is 0 Å². The fraction of sp³-hybridized carbons (Fsp3) is 0.286. The lowest BCUT2D eigenvalue weighted by molar-refractivity contribution is 0.0466. The minimum atomic E-state index is -0.00152. The third kappa shape index (κ3) is 3.84. The minimum Gasteiger partial charge on any atom is -0.455 e. The number of carbonyl (C=O) groups excluding carboxylic acids is 1. The first-order valence-corrected chi connectivity index (χ1v) is 12.2. The Hall–Kier alpha value is -3.31. The fourth-order valence-corrected chi connectivity index (χ4v) is 5.31. The maximum absolute atomic E-state index is 13.2. The summed E-state index contributed by atoms with van der Waals surface area (Å²) in [4.78, 5) is 15.2. The van der Waals surface area contributed by atoms with Crippen LogP contribution in [-0.2, 0) is 25.8 Å². The van der Waals surface area contributed by atoms with Gasteiger partial charge in [-0.1, -0.05) is 54.1 Å². The van der Waals surface area contributed by atoms with Crippen LogP contribution in [0, 0.1) is 12.8 Å². The van der Waals surface area contributed by atoms with Crippen LogP contribution in [0.25, 0.3) is 11.3 Å². The highest BCUT2D eigenvalue weighted by molar-refractivity contribution is 6.30. The quantitative estimate of drug-likeness (QED) is 0.382. The number of aryl methyl sites for hydroxylation is 2. The molecule has 1 aliphatic carbocycles. The summed E-state index contributed by atoms with van der Waals surface area (Å²) in [5, 5.41) is 5.61. The number of hydrogen-bond acceptors (Lipinski definition) is 3. The summed E-state index contributed by atoms with van der Waals surface area (Å²) in [6.45, 7) is 4.22. The molecule has 5 nitrogen and oxygen atoms in total. The summed E-state index contributed by atoms with van der Waals surface area (Å²) >= 11 is 6.02. The smallest absolute Gasteiger partial charge is 0.289 e. The van der Waals surface area contributed by atoms with E-state index in [9.17, 15) is 4.79 Å². The van der Waals surface area contributed by atoms with Gasteiger partial charge in [-0.25, -0.2) is 0 Å². The Balaban J connectivity index is 1.19. The molecule has 0 N–H and O–H groups in total. The third-order valence-corrected chi connectivity index (χ3v) is 7.23. The molecule has 0 radical (unpaired) electrons. The van der Waals surface area contributed by atoms with Crippen molar-refractivity contribution in [2.24, 2.45) is 5.92 Å². The number of amides is 1. The zero-order valence-electron chi connectivity index (χ0n) is 19.1. The van der Waals surface area contributed by atoms with Gasteiger partial charge in [0, 0.05) is 41.9 Å². The summed E-state index contributed by atoms with van der Waals surface area (Å²) in [7, 11) is 0. The van der Waals surface area contributed by atoms with Gasteiger partial charge in [0.25, 0.3) is 5.91 Å². The number of furan rings is 1. The topological polar surface area (TPSA) is 51.3 Å². The molecule has 172 valence electrons. The van der Waals surface area contributed by atoms with Crippen molar-refractivity contribution in [1.82, 2.24) is 14.7 Å². The summed E-state index contributed by atoms with van der Waals surface area (Å²) in [5.74, 6) is 1.86. The molecule has 1 aliphatic heterocycles. The van der Waals surface area contributed by atoms with Gasteiger partial charge >= 0.3 is 0 Å².